The number of hydrogen-bond acceptors (Lipinski definition) is 4. The van der Waals surface area contributed by atoms with Gasteiger partial charge in [-0.3, -0.25) is 9.59 Å². The molecule has 0 atom stereocenters. The number of primary amides is 1. The minimum atomic E-state index is -0.276. The van der Waals surface area contributed by atoms with Crippen molar-refractivity contribution in [3.05, 3.63) is 41.3 Å². The van der Waals surface area contributed by atoms with E-state index in [0.29, 0.717) is 43.3 Å². The molecule has 1 aromatic heterocycles. The monoisotopic (exact) mass is 341 g/mol. The molecule has 1 aliphatic rings. The first-order valence-corrected chi connectivity index (χ1v) is 8.54. The number of aromatic nitrogens is 1. The zero-order chi connectivity index (χ0) is 18.0. The maximum absolute atomic E-state index is 12.5. The van der Waals surface area contributed by atoms with E-state index >= 15 is 0 Å². The van der Waals surface area contributed by atoms with Crippen LogP contribution >= 0.6 is 0 Å². The van der Waals surface area contributed by atoms with Gasteiger partial charge in [0.15, 0.2) is 0 Å². The Balaban J connectivity index is 1.67. The molecule has 132 valence electrons. The third-order valence-corrected chi connectivity index (χ3v) is 4.73. The summed E-state index contributed by atoms with van der Waals surface area (Å²) in [6.07, 6.45) is 1.48. The molecule has 2 aromatic rings. The Kier molecular flexibility index (Phi) is 4.88. The van der Waals surface area contributed by atoms with Gasteiger partial charge in [0.2, 0.25) is 17.7 Å². The van der Waals surface area contributed by atoms with Gasteiger partial charge in [-0.05, 0) is 38.8 Å². The van der Waals surface area contributed by atoms with Crippen LogP contribution in [0.5, 0.6) is 0 Å². The highest BCUT2D eigenvalue weighted by Gasteiger charge is 2.26. The summed E-state index contributed by atoms with van der Waals surface area (Å²) in [6.45, 7) is 4.97. The van der Waals surface area contributed by atoms with E-state index in [1.54, 1.807) is 4.90 Å². The fraction of sp³-hybridized carbons (Fsp3) is 0.421. The van der Waals surface area contributed by atoms with E-state index in [0.717, 1.165) is 11.1 Å². The SMILES string of the molecule is Cc1cccc(-c2nc(CC(=O)N3CCC(C(N)=O)CC3)c(C)o2)c1. The zero-order valence-corrected chi connectivity index (χ0v) is 14.6. The molecule has 0 bridgehead atoms. The number of likely N-dealkylation sites (tertiary alicyclic amines) is 1. The van der Waals surface area contributed by atoms with Gasteiger partial charge in [-0.2, -0.15) is 0 Å². The molecular formula is C19H23N3O3. The van der Waals surface area contributed by atoms with Crippen LogP contribution in [-0.2, 0) is 16.0 Å². The molecule has 2 amide bonds. The van der Waals surface area contributed by atoms with Gasteiger partial charge in [0.1, 0.15) is 5.76 Å². The number of oxazole rings is 1. The summed E-state index contributed by atoms with van der Waals surface area (Å²) < 4.78 is 5.75. The summed E-state index contributed by atoms with van der Waals surface area (Å²) in [5.74, 6) is 0.816. The predicted octanol–water partition coefficient (Wildman–Crippen LogP) is 2.22. The largest absolute Gasteiger partial charge is 0.441 e. The Morgan fingerprint density at radius 2 is 2.00 bits per heavy atom. The third kappa shape index (κ3) is 3.90. The average molecular weight is 341 g/mol. The minimum Gasteiger partial charge on any atom is -0.441 e. The second-order valence-corrected chi connectivity index (χ2v) is 6.63. The van der Waals surface area contributed by atoms with E-state index in [1.165, 1.54) is 0 Å². The van der Waals surface area contributed by atoms with Gasteiger partial charge in [-0.15, -0.1) is 0 Å². The van der Waals surface area contributed by atoms with E-state index in [9.17, 15) is 9.59 Å². The van der Waals surface area contributed by atoms with Crippen molar-refractivity contribution in [2.75, 3.05) is 13.1 Å². The molecule has 0 radical (unpaired) electrons. The molecule has 1 fully saturated rings. The normalized spacial score (nSPS) is 15.4. The average Bonchev–Trinajstić information content (AvgIpc) is 2.96. The van der Waals surface area contributed by atoms with E-state index in [2.05, 4.69) is 4.98 Å². The van der Waals surface area contributed by atoms with Gasteiger partial charge in [0, 0.05) is 24.6 Å². The standard InChI is InChI=1S/C19H23N3O3/c1-12-4-3-5-15(10-12)19-21-16(13(2)25-19)11-17(23)22-8-6-14(7-9-22)18(20)24/h3-5,10,14H,6-9,11H2,1-2H3,(H2,20,24). The van der Waals surface area contributed by atoms with Crippen LogP contribution in [-0.4, -0.2) is 34.8 Å². The maximum atomic E-state index is 12.5. The molecule has 0 aliphatic carbocycles. The van der Waals surface area contributed by atoms with Crippen molar-refractivity contribution in [1.29, 1.82) is 0 Å². The summed E-state index contributed by atoms with van der Waals surface area (Å²) in [5.41, 5.74) is 8.04. The zero-order valence-electron chi connectivity index (χ0n) is 14.6. The van der Waals surface area contributed by atoms with Crippen molar-refractivity contribution in [3.63, 3.8) is 0 Å². The summed E-state index contributed by atoms with van der Waals surface area (Å²) in [7, 11) is 0. The van der Waals surface area contributed by atoms with Crippen molar-refractivity contribution >= 4 is 11.8 Å². The van der Waals surface area contributed by atoms with Crippen LogP contribution in [0.2, 0.25) is 0 Å². The summed E-state index contributed by atoms with van der Waals surface area (Å²) in [5, 5.41) is 0. The number of amides is 2. The van der Waals surface area contributed by atoms with E-state index in [-0.39, 0.29) is 24.2 Å². The van der Waals surface area contributed by atoms with E-state index < -0.39 is 0 Å². The van der Waals surface area contributed by atoms with Crippen LogP contribution < -0.4 is 5.73 Å². The molecule has 0 unspecified atom stereocenters. The molecule has 2 heterocycles. The van der Waals surface area contributed by atoms with Gasteiger partial charge in [-0.25, -0.2) is 4.98 Å². The Morgan fingerprint density at radius 3 is 2.64 bits per heavy atom. The number of carbonyl (C=O) groups is 2. The molecule has 6 nitrogen and oxygen atoms in total. The van der Waals surface area contributed by atoms with Crippen molar-refractivity contribution in [2.45, 2.75) is 33.1 Å². The van der Waals surface area contributed by atoms with Gasteiger partial charge in [0.25, 0.3) is 0 Å². The molecule has 1 aromatic carbocycles. The van der Waals surface area contributed by atoms with Crippen LogP contribution in [0.25, 0.3) is 11.5 Å². The second-order valence-electron chi connectivity index (χ2n) is 6.63. The fourth-order valence-electron chi connectivity index (χ4n) is 3.16. The van der Waals surface area contributed by atoms with Crippen molar-refractivity contribution in [3.8, 4) is 11.5 Å². The highest BCUT2D eigenvalue weighted by atomic mass is 16.4. The quantitative estimate of drug-likeness (QED) is 0.923. The van der Waals surface area contributed by atoms with Crippen LogP contribution in [0.3, 0.4) is 0 Å². The first-order valence-electron chi connectivity index (χ1n) is 8.54. The van der Waals surface area contributed by atoms with E-state index in [1.807, 2.05) is 38.1 Å². The molecule has 1 saturated heterocycles. The number of benzene rings is 1. The first kappa shape index (κ1) is 17.2. The topological polar surface area (TPSA) is 89.4 Å². The Morgan fingerprint density at radius 1 is 1.28 bits per heavy atom. The predicted molar refractivity (Wildman–Crippen MR) is 93.6 cm³/mol. The number of aryl methyl sites for hydroxylation is 2. The molecule has 0 spiro atoms. The number of nitrogens with zero attached hydrogens (tertiary/aromatic N) is 2. The Labute approximate surface area is 147 Å². The lowest BCUT2D eigenvalue weighted by Crippen LogP contribution is -2.42. The number of nitrogens with two attached hydrogens (primary N) is 1. The smallest absolute Gasteiger partial charge is 0.228 e. The maximum Gasteiger partial charge on any atom is 0.228 e. The van der Waals surface area contributed by atoms with Gasteiger partial charge < -0.3 is 15.1 Å². The van der Waals surface area contributed by atoms with Crippen LogP contribution in [0.1, 0.15) is 29.9 Å². The Hall–Kier alpha value is -2.63. The highest BCUT2D eigenvalue weighted by Crippen LogP contribution is 2.24. The summed E-state index contributed by atoms with van der Waals surface area (Å²) in [4.78, 5) is 30.0. The van der Waals surface area contributed by atoms with Crippen LogP contribution in [0.15, 0.2) is 28.7 Å². The molecule has 0 saturated carbocycles. The van der Waals surface area contributed by atoms with Gasteiger partial charge in [0.05, 0.1) is 12.1 Å². The fourth-order valence-corrected chi connectivity index (χ4v) is 3.16. The van der Waals surface area contributed by atoms with Crippen LogP contribution in [0, 0.1) is 19.8 Å². The van der Waals surface area contributed by atoms with Crippen LogP contribution in [0.4, 0.5) is 0 Å². The van der Waals surface area contributed by atoms with E-state index in [4.69, 9.17) is 10.2 Å². The highest BCUT2D eigenvalue weighted by molar-refractivity contribution is 5.80. The summed E-state index contributed by atoms with van der Waals surface area (Å²) >= 11 is 0. The molecule has 3 rings (SSSR count). The Bertz CT molecular complexity index is 789. The molecule has 6 heteroatoms. The second kappa shape index (κ2) is 7.09. The molecular weight excluding hydrogens is 318 g/mol. The third-order valence-electron chi connectivity index (χ3n) is 4.73. The number of rotatable bonds is 4. The van der Waals surface area contributed by atoms with Crippen molar-refractivity contribution in [2.24, 2.45) is 11.7 Å². The number of hydrogen-bond donors (Lipinski definition) is 1. The number of carbonyl (C=O) groups excluding carboxylic acids is 2. The molecule has 25 heavy (non-hydrogen) atoms. The lowest BCUT2D eigenvalue weighted by Gasteiger charge is -2.30. The first-order chi connectivity index (χ1) is 11.9. The van der Waals surface area contributed by atoms with Gasteiger partial charge >= 0.3 is 0 Å². The lowest BCUT2D eigenvalue weighted by molar-refractivity contribution is -0.134. The van der Waals surface area contributed by atoms with Gasteiger partial charge in [-0.1, -0.05) is 17.7 Å². The minimum absolute atomic E-state index is 0.00936. The number of piperidine rings is 1. The van der Waals surface area contributed by atoms with Crippen molar-refractivity contribution < 1.29 is 14.0 Å². The molecule has 1 aliphatic heterocycles. The summed E-state index contributed by atoms with van der Waals surface area (Å²) in [6, 6.07) is 7.92. The lowest BCUT2D eigenvalue weighted by atomic mass is 9.96. The molecule has 2 N–H and O–H groups in total. The van der Waals surface area contributed by atoms with Crippen molar-refractivity contribution in [1.82, 2.24) is 9.88 Å².